The molecule has 4 heteroatoms. The van der Waals surface area contributed by atoms with E-state index in [1.807, 2.05) is 4.90 Å². The highest BCUT2D eigenvalue weighted by molar-refractivity contribution is 5.78. The first kappa shape index (κ1) is 10.6. The maximum atomic E-state index is 11.9. The normalized spacial score (nSPS) is 23.1. The molecule has 0 bridgehead atoms. The topological polar surface area (TPSA) is 35.6 Å². The molecule has 0 atom stereocenters. The molecule has 0 aromatic rings. The Bertz CT molecular complexity index is 246. The Morgan fingerprint density at radius 3 is 2.67 bits per heavy atom. The van der Waals surface area contributed by atoms with Gasteiger partial charge in [-0.1, -0.05) is 12.2 Å². The van der Waals surface area contributed by atoms with Gasteiger partial charge in [-0.2, -0.15) is 0 Å². The standard InChI is InChI=1S/C11H19N3O/c15-11(14-6-2-1-3-7-14)10-13-8-4-12-5-9-13/h1-2,12H,3-10H2. The van der Waals surface area contributed by atoms with Crippen LogP contribution in [0.4, 0.5) is 0 Å². The summed E-state index contributed by atoms with van der Waals surface area (Å²) < 4.78 is 0. The third kappa shape index (κ3) is 3.04. The van der Waals surface area contributed by atoms with E-state index < -0.39 is 0 Å². The number of hydrogen-bond acceptors (Lipinski definition) is 3. The summed E-state index contributed by atoms with van der Waals surface area (Å²) in [6, 6.07) is 0. The third-order valence-electron chi connectivity index (χ3n) is 2.98. The molecule has 2 aliphatic heterocycles. The summed E-state index contributed by atoms with van der Waals surface area (Å²) in [7, 11) is 0. The van der Waals surface area contributed by atoms with Crippen molar-refractivity contribution in [3.05, 3.63) is 12.2 Å². The lowest BCUT2D eigenvalue weighted by Crippen LogP contribution is -2.48. The van der Waals surface area contributed by atoms with Crippen molar-refractivity contribution >= 4 is 5.91 Å². The fraction of sp³-hybridized carbons (Fsp3) is 0.727. The molecule has 1 saturated heterocycles. The number of carbonyl (C=O) groups is 1. The van der Waals surface area contributed by atoms with E-state index in [0.29, 0.717) is 6.54 Å². The van der Waals surface area contributed by atoms with Crippen molar-refractivity contribution in [1.29, 1.82) is 0 Å². The Balaban J connectivity index is 1.77. The minimum absolute atomic E-state index is 0.279. The lowest BCUT2D eigenvalue weighted by atomic mass is 10.2. The van der Waals surface area contributed by atoms with Gasteiger partial charge in [-0.25, -0.2) is 0 Å². The van der Waals surface area contributed by atoms with E-state index in [2.05, 4.69) is 22.4 Å². The highest BCUT2D eigenvalue weighted by Crippen LogP contribution is 2.03. The van der Waals surface area contributed by atoms with Crippen LogP contribution in [0.2, 0.25) is 0 Å². The summed E-state index contributed by atoms with van der Waals surface area (Å²) >= 11 is 0. The van der Waals surface area contributed by atoms with Crippen molar-refractivity contribution in [1.82, 2.24) is 15.1 Å². The molecule has 0 aromatic heterocycles. The summed E-state index contributed by atoms with van der Waals surface area (Å²) in [4.78, 5) is 16.1. The van der Waals surface area contributed by atoms with Gasteiger partial charge in [0, 0.05) is 39.3 Å². The van der Waals surface area contributed by atoms with E-state index in [9.17, 15) is 4.79 Å². The van der Waals surface area contributed by atoms with E-state index in [-0.39, 0.29) is 5.91 Å². The smallest absolute Gasteiger partial charge is 0.237 e. The molecule has 0 aliphatic carbocycles. The van der Waals surface area contributed by atoms with Crippen LogP contribution in [0, 0.1) is 0 Å². The van der Waals surface area contributed by atoms with Crippen molar-refractivity contribution in [2.75, 3.05) is 45.8 Å². The number of rotatable bonds is 2. The van der Waals surface area contributed by atoms with E-state index in [1.165, 1.54) is 0 Å². The SMILES string of the molecule is O=C(CN1CCNCC1)N1CC=CCC1. The zero-order chi connectivity index (χ0) is 10.5. The Morgan fingerprint density at radius 1 is 1.20 bits per heavy atom. The van der Waals surface area contributed by atoms with E-state index in [0.717, 1.165) is 45.7 Å². The highest BCUT2D eigenvalue weighted by atomic mass is 16.2. The molecule has 1 amide bonds. The van der Waals surface area contributed by atoms with Gasteiger partial charge in [0.2, 0.25) is 5.91 Å². The van der Waals surface area contributed by atoms with E-state index in [4.69, 9.17) is 0 Å². The first-order valence-electron chi connectivity index (χ1n) is 5.72. The number of nitrogens with zero attached hydrogens (tertiary/aromatic N) is 2. The fourth-order valence-electron chi connectivity index (χ4n) is 2.03. The van der Waals surface area contributed by atoms with Crippen LogP contribution < -0.4 is 5.32 Å². The monoisotopic (exact) mass is 209 g/mol. The Hall–Kier alpha value is -0.870. The van der Waals surface area contributed by atoms with Crippen LogP contribution in [-0.4, -0.2) is 61.5 Å². The summed E-state index contributed by atoms with van der Waals surface area (Å²) in [5, 5.41) is 3.29. The third-order valence-corrected chi connectivity index (χ3v) is 2.98. The predicted octanol–water partition coefficient (Wildman–Crippen LogP) is -0.320. The summed E-state index contributed by atoms with van der Waals surface area (Å²) in [5.74, 6) is 0.279. The molecule has 0 unspecified atom stereocenters. The van der Waals surface area contributed by atoms with Crippen LogP contribution in [-0.2, 0) is 4.79 Å². The average molecular weight is 209 g/mol. The number of hydrogen-bond donors (Lipinski definition) is 1. The van der Waals surface area contributed by atoms with Gasteiger partial charge in [-0.15, -0.1) is 0 Å². The molecule has 0 aromatic carbocycles. The van der Waals surface area contributed by atoms with Crippen molar-refractivity contribution in [2.45, 2.75) is 6.42 Å². The molecule has 1 N–H and O–H groups in total. The van der Waals surface area contributed by atoms with Crippen molar-refractivity contribution in [3.8, 4) is 0 Å². The van der Waals surface area contributed by atoms with Crippen LogP contribution in [0.1, 0.15) is 6.42 Å². The lowest BCUT2D eigenvalue weighted by Gasteiger charge is -2.30. The van der Waals surface area contributed by atoms with Crippen LogP contribution in [0.5, 0.6) is 0 Å². The van der Waals surface area contributed by atoms with Crippen molar-refractivity contribution < 1.29 is 4.79 Å². The molecule has 4 nitrogen and oxygen atoms in total. The van der Waals surface area contributed by atoms with Crippen molar-refractivity contribution in [2.24, 2.45) is 0 Å². The average Bonchev–Trinajstić information content (AvgIpc) is 2.31. The number of carbonyl (C=O) groups excluding carboxylic acids is 1. The Morgan fingerprint density at radius 2 is 2.00 bits per heavy atom. The maximum absolute atomic E-state index is 11.9. The Kier molecular flexibility index (Phi) is 3.75. The van der Waals surface area contributed by atoms with Gasteiger partial charge >= 0.3 is 0 Å². The number of amides is 1. The van der Waals surface area contributed by atoms with Gasteiger partial charge in [0.1, 0.15) is 0 Å². The zero-order valence-corrected chi connectivity index (χ0v) is 9.11. The summed E-state index contributed by atoms with van der Waals surface area (Å²) in [5.41, 5.74) is 0. The molecule has 2 aliphatic rings. The van der Waals surface area contributed by atoms with Crippen LogP contribution >= 0.6 is 0 Å². The van der Waals surface area contributed by atoms with Gasteiger partial charge < -0.3 is 10.2 Å². The molecule has 0 spiro atoms. The van der Waals surface area contributed by atoms with Gasteiger partial charge in [0.05, 0.1) is 6.54 Å². The maximum Gasteiger partial charge on any atom is 0.237 e. The molecular weight excluding hydrogens is 190 g/mol. The molecule has 1 fully saturated rings. The van der Waals surface area contributed by atoms with Gasteiger partial charge in [0.25, 0.3) is 0 Å². The summed E-state index contributed by atoms with van der Waals surface area (Å²) in [6.45, 7) is 6.28. The van der Waals surface area contributed by atoms with Crippen LogP contribution in [0.3, 0.4) is 0 Å². The van der Waals surface area contributed by atoms with E-state index in [1.54, 1.807) is 0 Å². The van der Waals surface area contributed by atoms with Gasteiger partial charge in [-0.05, 0) is 6.42 Å². The second kappa shape index (κ2) is 5.28. The molecule has 2 rings (SSSR count). The molecule has 84 valence electrons. The van der Waals surface area contributed by atoms with E-state index >= 15 is 0 Å². The van der Waals surface area contributed by atoms with Gasteiger partial charge in [-0.3, -0.25) is 9.69 Å². The molecule has 0 saturated carbocycles. The predicted molar refractivity (Wildman–Crippen MR) is 59.6 cm³/mol. The fourth-order valence-corrected chi connectivity index (χ4v) is 2.03. The Labute approximate surface area is 90.9 Å². The molecule has 0 radical (unpaired) electrons. The minimum atomic E-state index is 0.279. The van der Waals surface area contributed by atoms with Crippen LogP contribution in [0.15, 0.2) is 12.2 Å². The number of nitrogens with one attached hydrogen (secondary N) is 1. The number of piperazine rings is 1. The van der Waals surface area contributed by atoms with Crippen LogP contribution in [0.25, 0.3) is 0 Å². The second-order valence-corrected chi connectivity index (χ2v) is 4.13. The quantitative estimate of drug-likeness (QED) is 0.633. The minimum Gasteiger partial charge on any atom is -0.338 e. The largest absolute Gasteiger partial charge is 0.338 e. The van der Waals surface area contributed by atoms with Crippen molar-refractivity contribution in [3.63, 3.8) is 0 Å². The van der Waals surface area contributed by atoms with Gasteiger partial charge in [0.15, 0.2) is 0 Å². The first-order chi connectivity index (χ1) is 7.36. The molecule has 2 heterocycles. The molecular formula is C11H19N3O. The zero-order valence-electron chi connectivity index (χ0n) is 9.11. The second-order valence-electron chi connectivity index (χ2n) is 4.13. The molecule has 15 heavy (non-hydrogen) atoms. The summed E-state index contributed by atoms with van der Waals surface area (Å²) in [6.07, 6.45) is 5.24. The highest BCUT2D eigenvalue weighted by Gasteiger charge is 2.18. The first-order valence-corrected chi connectivity index (χ1v) is 5.72. The lowest BCUT2D eigenvalue weighted by molar-refractivity contribution is -0.132.